The van der Waals surface area contributed by atoms with Crippen molar-refractivity contribution < 1.29 is 0 Å². The molecule has 1 aliphatic rings. The number of para-hydroxylation sites is 1. The lowest BCUT2D eigenvalue weighted by atomic mass is 9.98. The Hall–Kier alpha value is -3.32. The topological polar surface area (TPSA) is 3.24 Å². The normalized spacial score (nSPS) is 18.4. The molecule has 0 atom stereocenters. The first-order chi connectivity index (χ1) is 13.8. The highest BCUT2D eigenvalue weighted by Crippen LogP contribution is 2.36. The largest absolute Gasteiger partial charge is 0.337 e. The second-order valence-electron chi connectivity index (χ2n) is 7.07. The third-order valence-corrected chi connectivity index (χ3v) is 5.18. The SMILES string of the molecule is C\C=C1/C=C\C(c2ccccc2)=C/CN(c2ccccc2)c2ccc(C)cc21. The number of benzene rings is 3. The van der Waals surface area contributed by atoms with E-state index < -0.39 is 0 Å². The summed E-state index contributed by atoms with van der Waals surface area (Å²) in [7, 11) is 0. The van der Waals surface area contributed by atoms with E-state index in [0.29, 0.717) is 0 Å². The maximum absolute atomic E-state index is 2.40. The molecule has 4 rings (SSSR count). The van der Waals surface area contributed by atoms with E-state index in [4.69, 9.17) is 0 Å². The molecule has 0 fully saturated rings. The van der Waals surface area contributed by atoms with E-state index in [0.717, 1.165) is 6.54 Å². The Balaban J connectivity index is 1.91. The van der Waals surface area contributed by atoms with Gasteiger partial charge in [0.25, 0.3) is 0 Å². The van der Waals surface area contributed by atoms with Gasteiger partial charge in [-0.25, -0.2) is 0 Å². The lowest BCUT2D eigenvalue weighted by Crippen LogP contribution is -2.18. The molecular weight excluding hydrogens is 338 g/mol. The van der Waals surface area contributed by atoms with Crippen LogP contribution in [-0.2, 0) is 0 Å². The van der Waals surface area contributed by atoms with E-state index in [1.807, 2.05) is 0 Å². The molecule has 0 amide bonds. The van der Waals surface area contributed by atoms with Crippen molar-refractivity contribution in [3.63, 3.8) is 0 Å². The Morgan fingerprint density at radius 2 is 1.54 bits per heavy atom. The highest BCUT2D eigenvalue weighted by molar-refractivity contribution is 5.89. The number of aryl methyl sites for hydroxylation is 1. The fourth-order valence-electron chi connectivity index (χ4n) is 3.69. The van der Waals surface area contributed by atoms with E-state index >= 15 is 0 Å². The van der Waals surface area contributed by atoms with Gasteiger partial charge in [-0.15, -0.1) is 0 Å². The quantitative estimate of drug-likeness (QED) is 0.466. The van der Waals surface area contributed by atoms with E-state index in [9.17, 15) is 0 Å². The molecule has 138 valence electrons. The molecule has 0 aliphatic carbocycles. The van der Waals surface area contributed by atoms with Gasteiger partial charge in [0.1, 0.15) is 0 Å². The first-order valence-electron chi connectivity index (χ1n) is 9.80. The molecule has 1 heterocycles. The molecule has 3 aromatic rings. The second-order valence-corrected chi connectivity index (χ2v) is 7.07. The maximum atomic E-state index is 2.40. The van der Waals surface area contributed by atoms with Gasteiger partial charge in [-0.2, -0.15) is 0 Å². The third kappa shape index (κ3) is 3.70. The van der Waals surface area contributed by atoms with E-state index in [1.54, 1.807) is 0 Å². The Bertz CT molecular complexity index is 1040. The van der Waals surface area contributed by atoms with Crippen molar-refractivity contribution in [2.24, 2.45) is 0 Å². The van der Waals surface area contributed by atoms with Gasteiger partial charge in [0.05, 0.1) is 0 Å². The molecule has 0 bridgehead atoms. The van der Waals surface area contributed by atoms with Crippen LogP contribution < -0.4 is 4.90 Å². The smallest absolute Gasteiger partial charge is 0.0493 e. The molecule has 0 aromatic heterocycles. The van der Waals surface area contributed by atoms with Gasteiger partial charge in [-0.3, -0.25) is 0 Å². The van der Waals surface area contributed by atoms with E-state index in [2.05, 4.69) is 122 Å². The first-order valence-corrected chi connectivity index (χ1v) is 9.80. The molecule has 1 heteroatoms. The van der Waals surface area contributed by atoms with E-state index in [1.165, 1.54) is 39.2 Å². The average Bonchev–Trinajstić information content (AvgIpc) is 2.82. The summed E-state index contributed by atoms with van der Waals surface area (Å²) in [5.41, 5.74) is 8.70. The van der Waals surface area contributed by atoms with Crippen molar-refractivity contribution in [3.05, 3.63) is 120 Å². The van der Waals surface area contributed by atoms with Crippen molar-refractivity contribution in [1.82, 2.24) is 0 Å². The number of fused-ring (bicyclic) bond motifs is 1. The molecule has 0 unspecified atom stereocenters. The fourth-order valence-corrected chi connectivity index (χ4v) is 3.69. The van der Waals surface area contributed by atoms with Gasteiger partial charge in [-0.05, 0) is 54.8 Å². The minimum absolute atomic E-state index is 0.811. The minimum atomic E-state index is 0.811. The Morgan fingerprint density at radius 3 is 2.25 bits per heavy atom. The van der Waals surface area contributed by atoms with Crippen LogP contribution in [-0.4, -0.2) is 6.54 Å². The van der Waals surface area contributed by atoms with Crippen LogP contribution in [0.4, 0.5) is 11.4 Å². The van der Waals surface area contributed by atoms with Crippen molar-refractivity contribution in [1.29, 1.82) is 0 Å². The molecule has 0 N–H and O–H groups in total. The number of nitrogens with zero attached hydrogens (tertiary/aromatic N) is 1. The molecule has 1 nitrogen and oxygen atoms in total. The minimum Gasteiger partial charge on any atom is -0.337 e. The van der Waals surface area contributed by atoms with Crippen molar-refractivity contribution in [2.45, 2.75) is 13.8 Å². The highest BCUT2D eigenvalue weighted by atomic mass is 15.1. The number of allylic oxidation sites excluding steroid dienone is 5. The first kappa shape index (κ1) is 18.1. The van der Waals surface area contributed by atoms with Crippen LogP contribution in [0.25, 0.3) is 11.1 Å². The van der Waals surface area contributed by atoms with Gasteiger partial charge in [0.2, 0.25) is 0 Å². The average molecular weight is 364 g/mol. The zero-order valence-corrected chi connectivity index (χ0v) is 16.5. The number of anilines is 2. The summed E-state index contributed by atoms with van der Waals surface area (Å²) in [6.07, 6.45) is 9.00. The summed E-state index contributed by atoms with van der Waals surface area (Å²) in [5, 5.41) is 0. The number of rotatable bonds is 2. The molecular formula is C27H25N. The van der Waals surface area contributed by atoms with E-state index in [-0.39, 0.29) is 0 Å². The van der Waals surface area contributed by atoms with Crippen molar-refractivity contribution in [3.8, 4) is 0 Å². The summed E-state index contributed by atoms with van der Waals surface area (Å²) < 4.78 is 0. The van der Waals surface area contributed by atoms with Crippen LogP contribution >= 0.6 is 0 Å². The van der Waals surface area contributed by atoms with Crippen LogP contribution in [0.3, 0.4) is 0 Å². The summed E-state index contributed by atoms with van der Waals surface area (Å²) in [6, 6.07) is 28.0. The van der Waals surface area contributed by atoms with Crippen LogP contribution in [0.5, 0.6) is 0 Å². The zero-order chi connectivity index (χ0) is 19.3. The summed E-state index contributed by atoms with van der Waals surface area (Å²) >= 11 is 0. The molecule has 3 aromatic carbocycles. The predicted octanol–water partition coefficient (Wildman–Crippen LogP) is 7.19. The molecule has 28 heavy (non-hydrogen) atoms. The molecule has 0 saturated carbocycles. The zero-order valence-electron chi connectivity index (χ0n) is 16.5. The maximum Gasteiger partial charge on any atom is 0.0493 e. The highest BCUT2D eigenvalue weighted by Gasteiger charge is 2.16. The van der Waals surface area contributed by atoms with Crippen LogP contribution in [0.1, 0.15) is 23.6 Å². The summed E-state index contributed by atoms with van der Waals surface area (Å²) in [4.78, 5) is 2.40. The Kier molecular flexibility index (Phi) is 5.25. The molecule has 0 spiro atoms. The monoisotopic (exact) mass is 363 g/mol. The van der Waals surface area contributed by atoms with Crippen LogP contribution in [0.2, 0.25) is 0 Å². The van der Waals surface area contributed by atoms with Crippen LogP contribution in [0.15, 0.2) is 103 Å². The Morgan fingerprint density at radius 1 is 0.821 bits per heavy atom. The summed E-state index contributed by atoms with van der Waals surface area (Å²) in [6.45, 7) is 5.08. The third-order valence-electron chi connectivity index (χ3n) is 5.18. The van der Waals surface area contributed by atoms with Gasteiger partial charge in [-0.1, -0.05) is 84.5 Å². The predicted molar refractivity (Wildman–Crippen MR) is 122 cm³/mol. The van der Waals surface area contributed by atoms with Gasteiger partial charge in [0, 0.05) is 23.5 Å². The molecule has 1 aliphatic heterocycles. The lowest BCUT2D eigenvalue weighted by Gasteiger charge is -2.27. The van der Waals surface area contributed by atoms with Gasteiger partial charge in [0.15, 0.2) is 0 Å². The fraction of sp³-hybridized carbons (Fsp3) is 0.111. The number of hydrogen-bond acceptors (Lipinski definition) is 1. The van der Waals surface area contributed by atoms with Crippen molar-refractivity contribution in [2.75, 3.05) is 11.4 Å². The number of hydrogen-bond donors (Lipinski definition) is 0. The molecule has 0 radical (unpaired) electrons. The van der Waals surface area contributed by atoms with Gasteiger partial charge >= 0.3 is 0 Å². The summed E-state index contributed by atoms with van der Waals surface area (Å²) in [5.74, 6) is 0. The lowest BCUT2D eigenvalue weighted by molar-refractivity contribution is 1.09. The standard InChI is InChI=1S/C27H25N/c1-3-22-15-16-24(23-10-6-4-7-11-23)18-19-28(25-12-8-5-9-13-25)27-17-14-21(2)20-26(22)27/h3-18,20H,19H2,1-2H3/b16-15-,22-3+,24-18+. The van der Waals surface area contributed by atoms with Crippen LogP contribution in [0, 0.1) is 6.92 Å². The second kappa shape index (κ2) is 8.14. The Labute approximate surface area is 168 Å². The molecule has 0 saturated heterocycles. The van der Waals surface area contributed by atoms with Gasteiger partial charge < -0.3 is 4.90 Å². The van der Waals surface area contributed by atoms with Crippen molar-refractivity contribution >= 4 is 22.5 Å².